The lowest BCUT2D eigenvalue weighted by atomic mass is 9.97. The van der Waals surface area contributed by atoms with Gasteiger partial charge in [0, 0.05) is 13.2 Å². The van der Waals surface area contributed by atoms with Gasteiger partial charge in [0.2, 0.25) is 0 Å². The van der Waals surface area contributed by atoms with Crippen LogP contribution in [0.4, 0.5) is 0 Å². The highest BCUT2D eigenvalue weighted by Crippen LogP contribution is 2.38. The Labute approximate surface area is 74.6 Å². The molecule has 0 saturated heterocycles. The minimum absolute atomic E-state index is 0.313. The van der Waals surface area contributed by atoms with Gasteiger partial charge in [-0.1, -0.05) is 12.8 Å². The van der Waals surface area contributed by atoms with Crippen molar-refractivity contribution in [1.82, 2.24) is 0 Å². The van der Waals surface area contributed by atoms with Crippen molar-refractivity contribution in [2.75, 3.05) is 13.2 Å². The summed E-state index contributed by atoms with van der Waals surface area (Å²) < 4.78 is 0. The molecule has 1 saturated carbocycles. The van der Waals surface area contributed by atoms with Crippen LogP contribution < -0.4 is 0 Å². The van der Waals surface area contributed by atoms with Crippen LogP contribution in [-0.4, -0.2) is 23.4 Å². The SMILES string of the molecule is OCCCCCC(CO)C1CC1. The van der Waals surface area contributed by atoms with Crippen molar-refractivity contribution in [3.8, 4) is 0 Å². The molecule has 2 heteroatoms. The lowest BCUT2D eigenvalue weighted by Crippen LogP contribution is -2.08. The smallest absolute Gasteiger partial charge is 0.0461 e. The zero-order valence-electron chi connectivity index (χ0n) is 7.71. The molecule has 2 N–H and O–H groups in total. The Morgan fingerprint density at radius 1 is 1.08 bits per heavy atom. The van der Waals surface area contributed by atoms with E-state index in [1.807, 2.05) is 0 Å². The van der Waals surface area contributed by atoms with Crippen LogP contribution in [0.2, 0.25) is 0 Å². The highest BCUT2D eigenvalue weighted by molar-refractivity contribution is 4.80. The van der Waals surface area contributed by atoms with Gasteiger partial charge in [-0.2, -0.15) is 0 Å². The molecule has 0 amide bonds. The first kappa shape index (κ1) is 10.0. The summed E-state index contributed by atoms with van der Waals surface area (Å²) in [5, 5.41) is 17.6. The van der Waals surface area contributed by atoms with Crippen molar-refractivity contribution in [2.45, 2.75) is 38.5 Å². The van der Waals surface area contributed by atoms with E-state index in [0.29, 0.717) is 19.1 Å². The summed E-state index contributed by atoms with van der Waals surface area (Å²) in [6.07, 6.45) is 7.00. The minimum atomic E-state index is 0.313. The topological polar surface area (TPSA) is 40.5 Å². The van der Waals surface area contributed by atoms with Gasteiger partial charge in [0.05, 0.1) is 0 Å². The molecule has 0 aromatic rings. The quantitative estimate of drug-likeness (QED) is 0.572. The first-order valence-corrected chi connectivity index (χ1v) is 5.10. The van der Waals surface area contributed by atoms with Crippen molar-refractivity contribution in [2.24, 2.45) is 11.8 Å². The number of hydrogen-bond acceptors (Lipinski definition) is 2. The summed E-state index contributed by atoms with van der Waals surface area (Å²) in [7, 11) is 0. The van der Waals surface area contributed by atoms with Gasteiger partial charge < -0.3 is 10.2 Å². The van der Waals surface area contributed by atoms with Crippen molar-refractivity contribution in [3.63, 3.8) is 0 Å². The first-order chi connectivity index (χ1) is 5.88. The molecule has 0 spiro atoms. The van der Waals surface area contributed by atoms with Crippen molar-refractivity contribution in [3.05, 3.63) is 0 Å². The molecule has 0 aliphatic heterocycles. The number of unbranched alkanes of at least 4 members (excludes halogenated alkanes) is 2. The van der Waals surface area contributed by atoms with E-state index in [4.69, 9.17) is 10.2 Å². The second-order valence-electron chi connectivity index (χ2n) is 3.85. The molecule has 12 heavy (non-hydrogen) atoms. The van der Waals surface area contributed by atoms with E-state index in [2.05, 4.69) is 0 Å². The normalized spacial score (nSPS) is 19.5. The van der Waals surface area contributed by atoms with Gasteiger partial charge in [0.25, 0.3) is 0 Å². The highest BCUT2D eigenvalue weighted by Gasteiger charge is 2.29. The van der Waals surface area contributed by atoms with E-state index in [1.54, 1.807) is 0 Å². The summed E-state index contributed by atoms with van der Waals surface area (Å²) in [5.41, 5.74) is 0. The molecule has 0 heterocycles. The van der Waals surface area contributed by atoms with Gasteiger partial charge in [-0.3, -0.25) is 0 Å². The van der Waals surface area contributed by atoms with E-state index in [0.717, 1.165) is 25.2 Å². The molecule has 1 rings (SSSR count). The fourth-order valence-corrected chi connectivity index (χ4v) is 1.74. The molecule has 1 fully saturated rings. The predicted molar refractivity (Wildman–Crippen MR) is 48.9 cm³/mol. The van der Waals surface area contributed by atoms with Crippen molar-refractivity contribution >= 4 is 0 Å². The Kier molecular flexibility index (Phi) is 4.62. The fraction of sp³-hybridized carbons (Fsp3) is 1.00. The summed E-state index contributed by atoms with van der Waals surface area (Å²) >= 11 is 0. The van der Waals surface area contributed by atoms with Crippen LogP contribution in [0, 0.1) is 11.8 Å². The lowest BCUT2D eigenvalue weighted by molar-refractivity contribution is 0.197. The van der Waals surface area contributed by atoms with Crippen LogP contribution in [0.25, 0.3) is 0 Å². The lowest BCUT2D eigenvalue weighted by Gasteiger charge is -2.11. The number of aliphatic hydroxyl groups is 2. The molecule has 0 radical (unpaired) electrons. The van der Waals surface area contributed by atoms with Gasteiger partial charge in [0.1, 0.15) is 0 Å². The summed E-state index contributed by atoms with van der Waals surface area (Å²) in [6, 6.07) is 0. The standard InChI is InChI=1S/C10H20O2/c11-7-3-1-2-4-10(8-12)9-5-6-9/h9-12H,1-8H2. The van der Waals surface area contributed by atoms with E-state index in [9.17, 15) is 0 Å². The molecular formula is C10H20O2. The van der Waals surface area contributed by atoms with Gasteiger partial charge in [0.15, 0.2) is 0 Å². The summed E-state index contributed by atoms with van der Waals surface area (Å²) in [4.78, 5) is 0. The van der Waals surface area contributed by atoms with Gasteiger partial charge >= 0.3 is 0 Å². The van der Waals surface area contributed by atoms with Gasteiger partial charge in [-0.05, 0) is 37.5 Å². The fourth-order valence-electron chi connectivity index (χ4n) is 1.74. The second-order valence-corrected chi connectivity index (χ2v) is 3.85. The monoisotopic (exact) mass is 172 g/mol. The summed E-state index contributed by atoms with van der Waals surface area (Å²) in [5.74, 6) is 1.38. The van der Waals surface area contributed by atoms with Crippen LogP contribution in [0.1, 0.15) is 38.5 Å². The Morgan fingerprint density at radius 2 is 1.83 bits per heavy atom. The molecule has 1 atom stereocenters. The Hall–Kier alpha value is -0.0800. The highest BCUT2D eigenvalue weighted by atomic mass is 16.3. The van der Waals surface area contributed by atoms with E-state index in [-0.39, 0.29) is 0 Å². The molecule has 1 unspecified atom stereocenters. The molecule has 0 aromatic carbocycles. The maximum atomic E-state index is 9.04. The average molecular weight is 172 g/mol. The summed E-state index contributed by atoms with van der Waals surface area (Å²) in [6.45, 7) is 0.678. The predicted octanol–water partition coefficient (Wildman–Crippen LogP) is 1.56. The Balaban J connectivity index is 1.95. The maximum Gasteiger partial charge on any atom is 0.0461 e. The maximum absolute atomic E-state index is 9.04. The zero-order valence-corrected chi connectivity index (χ0v) is 7.71. The molecule has 72 valence electrons. The third-order valence-electron chi connectivity index (χ3n) is 2.76. The van der Waals surface area contributed by atoms with Gasteiger partial charge in [-0.25, -0.2) is 0 Å². The second kappa shape index (κ2) is 5.55. The Morgan fingerprint density at radius 3 is 2.33 bits per heavy atom. The largest absolute Gasteiger partial charge is 0.396 e. The molecule has 0 bridgehead atoms. The molecule has 0 aromatic heterocycles. The van der Waals surface area contributed by atoms with Crippen molar-refractivity contribution < 1.29 is 10.2 Å². The Bertz CT molecular complexity index is 110. The zero-order chi connectivity index (χ0) is 8.81. The van der Waals surface area contributed by atoms with E-state index >= 15 is 0 Å². The minimum Gasteiger partial charge on any atom is -0.396 e. The van der Waals surface area contributed by atoms with Crippen LogP contribution >= 0.6 is 0 Å². The molecular weight excluding hydrogens is 152 g/mol. The third kappa shape index (κ3) is 3.55. The van der Waals surface area contributed by atoms with Crippen LogP contribution in [0.5, 0.6) is 0 Å². The van der Waals surface area contributed by atoms with Crippen molar-refractivity contribution in [1.29, 1.82) is 0 Å². The average Bonchev–Trinajstić information content (AvgIpc) is 2.88. The number of aliphatic hydroxyl groups excluding tert-OH is 2. The number of rotatable bonds is 7. The molecule has 1 aliphatic rings. The van der Waals surface area contributed by atoms with E-state index in [1.165, 1.54) is 19.3 Å². The van der Waals surface area contributed by atoms with E-state index < -0.39 is 0 Å². The van der Waals surface area contributed by atoms with Crippen LogP contribution in [0.3, 0.4) is 0 Å². The number of hydrogen-bond donors (Lipinski definition) is 2. The van der Waals surface area contributed by atoms with Crippen LogP contribution in [-0.2, 0) is 0 Å². The molecule has 2 nitrogen and oxygen atoms in total. The first-order valence-electron chi connectivity index (χ1n) is 5.10. The third-order valence-corrected chi connectivity index (χ3v) is 2.76. The molecule has 1 aliphatic carbocycles. The van der Waals surface area contributed by atoms with Gasteiger partial charge in [-0.15, -0.1) is 0 Å². The van der Waals surface area contributed by atoms with Crippen LogP contribution in [0.15, 0.2) is 0 Å².